The fourth-order valence-corrected chi connectivity index (χ4v) is 2.91. The van der Waals surface area contributed by atoms with Crippen molar-refractivity contribution in [2.45, 2.75) is 0 Å². The van der Waals surface area contributed by atoms with Gasteiger partial charge in [0.25, 0.3) is 0 Å². The van der Waals surface area contributed by atoms with Gasteiger partial charge in [0.1, 0.15) is 0 Å². The first-order valence-corrected chi connectivity index (χ1v) is 6.14. The van der Waals surface area contributed by atoms with Crippen molar-refractivity contribution in [2.75, 3.05) is 0 Å². The normalized spacial score (nSPS) is 9.92. The van der Waals surface area contributed by atoms with Crippen LogP contribution >= 0.6 is 67.8 Å². The molecule has 0 bridgehead atoms. The molecule has 1 aromatic rings. The van der Waals surface area contributed by atoms with E-state index in [-0.39, 0.29) is 0 Å². The third-order valence-electron chi connectivity index (χ3n) is 1.24. The topological polar surface area (TPSA) is 37.3 Å². The molecule has 12 heavy (non-hydrogen) atoms. The average molecular weight is 500 g/mol. The SMILES string of the molecule is O=C(O)c1cc(I)c(I)cc1I. The minimum Gasteiger partial charge on any atom is -0.478 e. The Morgan fingerprint density at radius 1 is 1.08 bits per heavy atom. The second-order valence-electron chi connectivity index (χ2n) is 2.05. The number of hydrogen-bond donors (Lipinski definition) is 1. The first-order chi connectivity index (χ1) is 5.52. The molecular formula is C7H3I3O2. The number of carbonyl (C=O) groups is 1. The quantitative estimate of drug-likeness (QED) is 0.476. The summed E-state index contributed by atoms with van der Waals surface area (Å²) in [7, 11) is 0. The molecule has 0 saturated heterocycles. The third-order valence-corrected chi connectivity index (χ3v) is 4.95. The van der Waals surface area contributed by atoms with Gasteiger partial charge in [-0.3, -0.25) is 0 Å². The Labute approximate surface area is 111 Å². The van der Waals surface area contributed by atoms with E-state index >= 15 is 0 Å². The number of aromatic carboxylic acids is 1. The monoisotopic (exact) mass is 500 g/mol. The Balaban J connectivity index is 3.33. The zero-order valence-electron chi connectivity index (χ0n) is 5.64. The summed E-state index contributed by atoms with van der Waals surface area (Å²) in [5.41, 5.74) is 0.375. The van der Waals surface area contributed by atoms with E-state index in [1.165, 1.54) is 0 Å². The van der Waals surface area contributed by atoms with Crippen LogP contribution in [0, 0.1) is 10.7 Å². The Morgan fingerprint density at radius 2 is 1.58 bits per heavy atom. The van der Waals surface area contributed by atoms with E-state index in [9.17, 15) is 4.79 Å². The number of halogens is 3. The van der Waals surface area contributed by atoms with Crippen molar-refractivity contribution in [3.05, 3.63) is 28.4 Å². The van der Waals surface area contributed by atoms with Crippen LogP contribution in [0.4, 0.5) is 0 Å². The molecule has 1 aromatic carbocycles. The Hall–Kier alpha value is 0.880. The molecule has 0 aliphatic carbocycles. The van der Waals surface area contributed by atoms with E-state index in [2.05, 4.69) is 45.2 Å². The molecule has 0 aromatic heterocycles. The molecule has 0 unspecified atom stereocenters. The fourth-order valence-electron chi connectivity index (χ4n) is 0.686. The van der Waals surface area contributed by atoms with Gasteiger partial charge in [0.05, 0.1) is 5.56 Å². The lowest BCUT2D eigenvalue weighted by Gasteiger charge is -2.01. The standard InChI is InChI=1S/C7H3I3O2/c8-4-2-6(10)5(9)1-3(4)7(11)12/h1-2H,(H,11,12). The molecule has 64 valence electrons. The van der Waals surface area contributed by atoms with Crippen LogP contribution in [0.1, 0.15) is 10.4 Å². The first-order valence-electron chi connectivity index (χ1n) is 2.90. The molecule has 0 amide bonds. The van der Waals surface area contributed by atoms with Crippen molar-refractivity contribution >= 4 is 73.7 Å². The predicted octanol–water partition coefficient (Wildman–Crippen LogP) is 3.20. The number of rotatable bonds is 1. The highest BCUT2D eigenvalue weighted by Crippen LogP contribution is 2.21. The van der Waals surface area contributed by atoms with Crippen LogP contribution in [0.25, 0.3) is 0 Å². The van der Waals surface area contributed by atoms with Gasteiger partial charge >= 0.3 is 5.97 Å². The highest BCUT2D eigenvalue weighted by Gasteiger charge is 2.10. The van der Waals surface area contributed by atoms with Crippen LogP contribution in [0.15, 0.2) is 12.1 Å². The fraction of sp³-hybridized carbons (Fsp3) is 0. The van der Waals surface area contributed by atoms with Crippen LogP contribution in [0.3, 0.4) is 0 Å². The molecule has 1 N–H and O–H groups in total. The van der Waals surface area contributed by atoms with Gasteiger partial charge in [-0.05, 0) is 79.9 Å². The Kier molecular flexibility index (Phi) is 4.02. The summed E-state index contributed by atoms with van der Waals surface area (Å²) in [6, 6.07) is 3.55. The lowest BCUT2D eigenvalue weighted by Crippen LogP contribution is -2.01. The van der Waals surface area contributed by atoms with Crippen LogP contribution < -0.4 is 0 Å². The van der Waals surface area contributed by atoms with Crippen LogP contribution in [0.2, 0.25) is 0 Å². The molecule has 1 rings (SSSR count). The van der Waals surface area contributed by atoms with Gasteiger partial charge in [0, 0.05) is 10.7 Å². The Bertz CT molecular complexity index is 336. The molecule has 0 spiro atoms. The second-order valence-corrected chi connectivity index (χ2v) is 5.54. The van der Waals surface area contributed by atoms with Crippen molar-refractivity contribution in [1.29, 1.82) is 0 Å². The lowest BCUT2D eigenvalue weighted by atomic mass is 10.2. The van der Waals surface area contributed by atoms with E-state index in [0.717, 1.165) is 10.7 Å². The van der Waals surface area contributed by atoms with E-state index < -0.39 is 5.97 Å². The zero-order chi connectivity index (χ0) is 9.30. The van der Waals surface area contributed by atoms with Crippen molar-refractivity contribution in [1.82, 2.24) is 0 Å². The molecule has 5 heteroatoms. The van der Waals surface area contributed by atoms with Gasteiger partial charge in [0.2, 0.25) is 0 Å². The van der Waals surface area contributed by atoms with Gasteiger partial charge in [-0.25, -0.2) is 4.79 Å². The third kappa shape index (κ3) is 2.44. The molecule has 0 fully saturated rings. The van der Waals surface area contributed by atoms with Crippen LogP contribution in [0.5, 0.6) is 0 Å². The van der Waals surface area contributed by atoms with Crippen LogP contribution in [-0.2, 0) is 0 Å². The minimum absolute atomic E-state index is 0.375. The molecular weight excluding hydrogens is 497 g/mol. The number of benzene rings is 1. The highest BCUT2D eigenvalue weighted by molar-refractivity contribution is 14.1. The van der Waals surface area contributed by atoms with Gasteiger partial charge < -0.3 is 5.11 Å². The van der Waals surface area contributed by atoms with Gasteiger partial charge in [0.15, 0.2) is 0 Å². The molecule has 0 radical (unpaired) electrons. The zero-order valence-corrected chi connectivity index (χ0v) is 12.1. The number of carboxylic acids is 1. The smallest absolute Gasteiger partial charge is 0.336 e. The maximum atomic E-state index is 10.7. The molecule has 2 nitrogen and oxygen atoms in total. The molecule has 0 heterocycles. The predicted molar refractivity (Wildman–Crippen MR) is 71.6 cm³/mol. The summed E-state index contributed by atoms with van der Waals surface area (Å²) in [6.45, 7) is 0. The van der Waals surface area contributed by atoms with Gasteiger partial charge in [-0.2, -0.15) is 0 Å². The summed E-state index contributed by atoms with van der Waals surface area (Å²) >= 11 is 6.34. The minimum atomic E-state index is -0.867. The van der Waals surface area contributed by atoms with E-state index in [1.54, 1.807) is 6.07 Å². The van der Waals surface area contributed by atoms with E-state index in [0.29, 0.717) is 5.56 Å². The first kappa shape index (κ1) is 11.0. The van der Waals surface area contributed by atoms with Crippen molar-refractivity contribution in [2.24, 2.45) is 0 Å². The van der Waals surface area contributed by atoms with Crippen molar-refractivity contribution < 1.29 is 9.90 Å². The Morgan fingerprint density at radius 3 is 2.08 bits per heavy atom. The lowest BCUT2D eigenvalue weighted by molar-refractivity contribution is 0.0695. The second kappa shape index (κ2) is 4.40. The van der Waals surface area contributed by atoms with Gasteiger partial charge in [-0.15, -0.1) is 0 Å². The largest absolute Gasteiger partial charge is 0.478 e. The summed E-state index contributed by atoms with van der Waals surface area (Å²) in [5.74, 6) is -0.867. The molecule has 0 atom stereocenters. The van der Waals surface area contributed by atoms with Gasteiger partial charge in [-0.1, -0.05) is 0 Å². The molecule has 0 aliphatic heterocycles. The summed E-state index contributed by atoms with van der Waals surface area (Å²) in [5, 5.41) is 8.77. The van der Waals surface area contributed by atoms with Crippen LogP contribution in [-0.4, -0.2) is 11.1 Å². The van der Waals surface area contributed by atoms with E-state index in [1.807, 2.05) is 28.7 Å². The maximum absolute atomic E-state index is 10.7. The van der Waals surface area contributed by atoms with Crippen molar-refractivity contribution in [3.63, 3.8) is 0 Å². The number of hydrogen-bond acceptors (Lipinski definition) is 1. The highest BCUT2D eigenvalue weighted by atomic mass is 127. The summed E-state index contributed by atoms with van der Waals surface area (Å²) in [4.78, 5) is 10.7. The summed E-state index contributed by atoms with van der Waals surface area (Å²) in [6.07, 6.45) is 0. The number of carboxylic acid groups (broad SMARTS) is 1. The van der Waals surface area contributed by atoms with Crippen molar-refractivity contribution in [3.8, 4) is 0 Å². The molecule has 0 saturated carbocycles. The van der Waals surface area contributed by atoms with E-state index in [4.69, 9.17) is 5.11 Å². The average Bonchev–Trinajstić information content (AvgIpc) is 1.96. The maximum Gasteiger partial charge on any atom is 0.336 e. The summed E-state index contributed by atoms with van der Waals surface area (Å²) < 4.78 is 2.85. The molecule has 0 aliphatic rings.